The summed E-state index contributed by atoms with van der Waals surface area (Å²) < 4.78 is 32.5. The molecule has 112 valence electrons. The quantitative estimate of drug-likeness (QED) is 0.900. The van der Waals surface area contributed by atoms with Gasteiger partial charge in [-0.1, -0.05) is 18.2 Å². The summed E-state index contributed by atoms with van der Waals surface area (Å²) in [6.45, 7) is 1.08. The van der Waals surface area contributed by atoms with Crippen molar-refractivity contribution in [2.75, 3.05) is 26.3 Å². The zero-order valence-electron chi connectivity index (χ0n) is 11.1. The number of rotatable bonds is 2. The number of carbonyl (C=O) groups is 1. The Morgan fingerprint density at radius 2 is 1.86 bits per heavy atom. The Bertz CT molecular complexity index is 790. The number of nitrogens with zero attached hydrogens (tertiary/aromatic N) is 2. The van der Waals surface area contributed by atoms with Gasteiger partial charge in [0.1, 0.15) is 0 Å². The van der Waals surface area contributed by atoms with Crippen LogP contribution in [0.5, 0.6) is 0 Å². The fourth-order valence-corrected chi connectivity index (χ4v) is 4.01. The Hall–Kier alpha value is -1.90. The lowest BCUT2D eigenvalue weighted by Crippen LogP contribution is -2.41. The summed E-state index contributed by atoms with van der Waals surface area (Å²) in [4.78, 5) is 11.5. The molecule has 1 saturated heterocycles. The topological polar surface area (TPSA) is 88.8 Å². The van der Waals surface area contributed by atoms with Crippen LogP contribution in [0.4, 0.5) is 4.79 Å². The van der Waals surface area contributed by atoms with Crippen molar-refractivity contribution in [3.05, 3.63) is 30.3 Å². The number of hydrogen-bond donors (Lipinski definition) is 1. The summed E-state index contributed by atoms with van der Waals surface area (Å²) in [5, 5.41) is 9.72. The van der Waals surface area contributed by atoms with E-state index >= 15 is 0 Å². The third kappa shape index (κ3) is 2.31. The fourth-order valence-electron chi connectivity index (χ4n) is 2.44. The molecular formula is C13H14N2O5S. The number of carboxylic acid groups (broad SMARTS) is 1. The summed E-state index contributed by atoms with van der Waals surface area (Å²) in [7, 11) is -3.86. The van der Waals surface area contributed by atoms with Crippen molar-refractivity contribution in [1.82, 2.24) is 8.87 Å². The van der Waals surface area contributed by atoms with Crippen molar-refractivity contribution in [2.45, 2.75) is 5.03 Å². The molecule has 8 heteroatoms. The second-order valence-electron chi connectivity index (χ2n) is 4.68. The molecule has 2 heterocycles. The molecule has 0 amide bonds. The number of hydrogen-bond acceptors (Lipinski definition) is 4. The molecule has 1 aliphatic heterocycles. The van der Waals surface area contributed by atoms with E-state index in [-0.39, 0.29) is 18.1 Å². The standard InChI is InChI=1S/C13H14N2O5S/c16-13(17)15-11-4-2-1-3-10(11)9-12(15)21(18,19)14-5-7-20-8-6-14/h1-4,9H,5-8H2,(H,16,17). The first kappa shape index (κ1) is 14.1. The largest absolute Gasteiger partial charge is 0.464 e. The Balaban J connectivity index is 2.19. The SMILES string of the molecule is O=C(O)n1c(S(=O)(=O)N2CCOCC2)cc2ccccc21. The first-order valence-electron chi connectivity index (χ1n) is 6.43. The Kier molecular flexibility index (Phi) is 3.44. The van der Waals surface area contributed by atoms with E-state index in [1.54, 1.807) is 24.3 Å². The number of fused-ring (bicyclic) bond motifs is 1. The van der Waals surface area contributed by atoms with E-state index in [4.69, 9.17) is 4.74 Å². The average Bonchev–Trinajstić information content (AvgIpc) is 2.88. The molecule has 0 radical (unpaired) electrons. The van der Waals surface area contributed by atoms with Gasteiger partial charge in [0.15, 0.2) is 5.03 Å². The number of para-hydroxylation sites is 1. The number of benzene rings is 1. The third-order valence-corrected chi connectivity index (χ3v) is 5.32. The van der Waals surface area contributed by atoms with Crippen LogP contribution in [0.2, 0.25) is 0 Å². The van der Waals surface area contributed by atoms with Gasteiger partial charge in [0.2, 0.25) is 0 Å². The van der Waals surface area contributed by atoms with Crippen LogP contribution in [0.25, 0.3) is 10.9 Å². The van der Waals surface area contributed by atoms with E-state index in [2.05, 4.69) is 0 Å². The average molecular weight is 310 g/mol. The highest BCUT2D eigenvalue weighted by molar-refractivity contribution is 7.89. The van der Waals surface area contributed by atoms with Gasteiger partial charge in [0.25, 0.3) is 10.0 Å². The Labute approximate surface area is 121 Å². The number of sulfonamides is 1. The molecule has 1 aromatic heterocycles. The van der Waals surface area contributed by atoms with Crippen molar-refractivity contribution in [3.8, 4) is 0 Å². The van der Waals surface area contributed by atoms with Crippen LogP contribution in [-0.4, -0.2) is 54.8 Å². The van der Waals surface area contributed by atoms with Gasteiger partial charge in [-0.15, -0.1) is 0 Å². The summed E-state index contributed by atoms with van der Waals surface area (Å²) in [5.41, 5.74) is 0.358. The zero-order chi connectivity index (χ0) is 15.0. The summed E-state index contributed by atoms with van der Waals surface area (Å²) in [5.74, 6) is 0. The first-order chi connectivity index (χ1) is 10.0. The molecule has 7 nitrogen and oxygen atoms in total. The second kappa shape index (κ2) is 5.14. The predicted octanol–water partition coefficient (Wildman–Crippen LogP) is 1.19. The lowest BCUT2D eigenvalue weighted by atomic mass is 10.2. The lowest BCUT2D eigenvalue weighted by molar-refractivity contribution is 0.0728. The second-order valence-corrected chi connectivity index (χ2v) is 6.56. The fraction of sp³-hybridized carbons (Fsp3) is 0.308. The number of aromatic nitrogens is 1. The van der Waals surface area contributed by atoms with Gasteiger partial charge in [-0.25, -0.2) is 17.8 Å². The van der Waals surface area contributed by atoms with E-state index in [0.717, 1.165) is 4.57 Å². The van der Waals surface area contributed by atoms with Crippen LogP contribution in [-0.2, 0) is 14.8 Å². The lowest BCUT2D eigenvalue weighted by Gasteiger charge is -2.25. The minimum absolute atomic E-state index is 0.224. The molecule has 0 spiro atoms. The first-order valence-corrected chi connectivity index (χ1v) is 7.87. The minimum atomic E-state index is -3.86. The summed E-state index contributed by atoms with van der Waals surface area (Å²) >= 11 is 0. The number of morpholine rings is 1. The molecule has 21 heavy (non-hydrogen) atoms. The monoisotopic (exact) mass is 310 g/mol. The van der Waals surface area contributed by atoms with E-state index in [9.17, 15) is 18.3 Å². The van der Waals surface area contributed by atoms with Gasteiger partial charge >= 0.3 is 6.09 Å². The van der Waals surface area contributed by atoms with E-state index in [1.165, 1.54) is 10.4 Å². The smallest absolute Gasteiger partial charge is 0.417 e. The maximum atomic E-state index is 12.7. The predicted molar refractivity (Wildman–Crippen MR) is 74.9 cm³/mol. The molecule has 1 fully saturated rings. The van der Waals surface area contributed by atoms with Crippen LogP contribution < -0.4 is 0 Å². The van der Waals surface area contributed by atoms with Crippen molar-refractivity contribution in [1.29, 1.82) is 0 Å². The molecule has 0 bridgehead atoms. The van der Waals surface area contributed by atoms with E-state index < -0.39 is 16.1 Å². The van der Waals surface area contributed by atoms with Gasteiger partial charge in [-0.2, -0.15) is 4.31 Å². The molecule has 1 aliphatic rings. The van der Waals surface area contributed by atoms with Crippen LogP contribution in [0.15, 0.2) is 35.4 Å². The van der Waals surface area contributed by atoms with Crippen molar-refractivity contribution < 1.29 is 23.1 Å². The van der Waals surface area contributed by atoms with Gasteiger partial charge in [0.05, 0.1) is 18.7 Å². The van der Waals surface area contributed by atoms with Crippen molar-refractivity contribution in [2.24, 2.45) is 0 Å². The molecule has 1 aromatic carbocycles. The van der Waals surface area contributed by atoms with Crippen LogP contribution in [0, 0.1) is 0 Å². The van der Waals surface area contributed by atoms with E-state index in [0.29, 0.717) is 24.1 Å². The molecular weight excluding hydrogens is 296 g/mol. The van der Waals surface area contributed by atoms with Crippen molar-refractivity contribution in [3.63, 3.8) is 0 Å². The maximum Gasteiger partial charge on any atom is 0.417 e. The van der Waals surface area contributed by atoms with Crippen LogP contribution >= 0.6 is 0 Å². The van der Waals surface area contributed by atoms with Gasteiger partial charge in [-0.05, 0) is 12.1 Å². The Morgan fingerprint density at radius 1 is 1.19 bits per heavy atom. The normalized spacial score (nSPS) is 17.1. The van der Waals surface area contributed by atoms with Crippen LogP contribution in [0.1, 0.15) is 0 Å². The molecule has 1 N–H and O–H groups in total. The number of ether oxygens (including phenoxy) is 1. The molecule has 3 rings (SSSR count). The molecule has 0 aliphatic carbocycles. The molecule has 0 atom stereocenters. The van der Waals surface area contributed by atoms with Gasteiger partial charge < -0.3 is 9.84 Å². The van der Waals surface area contributed by atoms with E-state index in [1.807, 2.05) is 0 Å². The van der Waals surface area contributed by atoms with Gasteiger partial charge in [-0.3, -0.25) is 0 Å². The highest BCUT2D eigenvalue weighted by atomic mass is 32.2. The minimum Gasteiger partial charge on any atom is -0.464 e. The Morgan fingerprint density at radius 3 is 2.52 bits per heavy atom. The zero-order valence-corrected chi connectivity index (χ0v) is 11.9. The van der Waals surface area contributed by atoms with Gasteiger partial charge in [0, 0.05) is 18.5 Å². The van der Waals surface area contributed by atoms with Crippen molar-refractivity contribution >= 4 is 27.0 Å². The maximum absolute atomic E-state index is 12.7. The molecule has 2 aromatic rings. The van der Waals surface area contributed by atoms with Crippen LogP contribution in [0.3, 0.4) is 0 Å². The third-order valence-electron chi connectivity index (χ3n) is 3.44. The highest BCUT2D eigenvalue weighted by Crippen LogP contribution is 2.26. The summed E-state index contributed by atoms with van der Waals surface area (Å²) in [6, 6.07) is 8.08. The summed E-state index contributed by atoms with van der Waals surface area (Å²) in [6.07, 6.45) is -1.32. The molecule has 0 saturated carbocycles. The molecule has 0 unspecified atom stereocenters. The highest BCUT2D eigenvalue weighted by Gasteiger charge is 2.31.